The van der Waals surface area contributed by atoms with Gasteiger partial charge in [0.1, 0.15) is 0 Å². The molecule has 1 aliphatic heterocycles. The lowest BCUT2D eigenvalue weighted by Crippen LogP contribution is -2.27. The summed E-state index contributed by atoms with van der Waals surface area (Å²) in [6, 6.07) is 16.7. The molecule has 0 bridgehead atoms. The summed E-state index contributed by atoms with van der Waals surface area (Å²) < 4.78 is 5.43. The van der Waals surface area contributed by atoms with Crippen molar-refractivity contribution in [3.8, 4) is 11.1 Å². The summed E-state index contributed by atoms with van der Waals surface area (Å²) in [6.45, 7) is 3.73. The van der Waals surface area contributed by atoms with Gasteiger partial charge in [0, 0.05) is 11.6 Å². The van der Waals surface area contributed by atoms with Gasteiger partial charge in [-0.3, -0.25) is 5.32 Å². The Hall–Kier alpha value is -2.33. The van der Waals surface area contributed by atoms with Gasteiger partial charge in [-0.15, -0.1) is 0 Å². The largest absolute Gasteiger partial charge is 0.449 e. The van der Waals surface area contributed by atoms with Crippen molar-refractivity contribution in [1.29, 1.82) is 0 Å². The summed E-state index contributed by atoms with van der Waals surface area (Å²) in [5.74, 6) is 0. The first-order valence-corrected chi connectivity index (χ1v) is 9.50. The van der Waals surface area contributed by atoms with Crippen molar-refractivity contribution in [2.45, 2.75) is 38.6 Å². The Kier molecular flexibility index (Phi) is 6.29. The first-order valence-electron chi connectivity index (χ1n) is 9.50. The fourth-order valence-corrected chi connectivity index (χ4v) is 3.70. The zero-order chi connectivity index (χ0) is 18.4. The molecule has 1 atom stereocenters. The Morgan fingerprint density at radius 1 is 1.15 bits per heavy atom. The standard InChI is InChI=1S/C22H28N2O2/c1-3-17-9-4-5-11-19(17)20-12-6-7-13-21(20)23-22(25)26-16-14-18-10-8-15-24(18)2/h4-7,9,11-13,18H,3,8,10,14-16H2,1-2H3,(H,23,25). The molecule has 0 aromatic heterocycles. The average Bonchev–Trinajstić information content (AvgIpc) is 3.07. The number of amides is 1. The van der Waals surface area contributed by atoms with E-state index >= 15 is 0 Å². The van der Waals surface area contributed by atoms with Crippen molar-refractivity contribution in [2.75, 3.05) is 25.5 Å². The normalized spacial score (nSPS) is 17.2. The zero-order valence-electron chi connectivity index (χ0n) is 15.7. The number of hydrogen-bond acceptors (Lipinski definition) is 3. The Morgan fingerprint density at radius 2 is 1.88 bits per heavy atom. The van der Waals surface area contributed by atoms with Crippen LogP contribution >= 0.6 is 0 Å². The van der Waals surface area contributed by atoms with Gasteiger partial charge in [-0.25, -0.2) is 4.79 Å². The molecule has 1 heterocycles. The minimum Gasteiger partial charge on any atom is -0.449 e. The Labute approximate surface area is 156 Å². The summed E-state index contributed by atoms with van der Waals surface area (Å²) >= 11 is 0. The molecule has 4 heteroatoms. The molecule has 1 fully saturated rings. The molecular formula is C22H28N2O2. The minimum atomic E-state index is -0.382. The molecule has 1 N–H and O–H groups in total. The lowest BCUT2D eigenvalue weighted by molar-refractivity contribution is 0.147. The van der Waals surface area contributed by atoms with Gasteiger partial charge in [-0.1, -0.05) is 49.4 Å². The Bertz CT molecular complexity index is 744. The van der Waals surface area contributed by atoms with E-state index in [9.17, 15) is 4.79 Å². The lowest BCUT2D eigenvalue weighted by Gasteiger charge is -2.19. The van der Waals surface area contributed by atoms with Crippen LogP contribution in [0.25, 0.3) is 11.1 Å². The molecule has 3 rings (SSSR count). The quantitative estimate of drug-likeness (QED) is 0.800. The maximum Gasteiger partial charge on any atom is 0.411 e. The van der Waals surface area contributed by atoms with Gasteiger partial charge in [0.2, 0.25) is 0 Å². The minimum absolute atomic E-state index is 0.382. The van der Waals surface area contributed by atoms with E-state index < -0.39 is 0 Å². The molecule has 4 nitrogen and oxygen atoms in total. The number of aryl methyl sites for hydroxylation is 1. The number of ether oxygens (including phenoxy) is 1. The van der Waals surface area contributed by atoms with Gasteiger partial charge in [0.05, 0.1) is 12.3 Å². The van der Waals surface area contributed by atoms with E-state index in [0.29, 0.717) is 12.6 Å². The van der Waals surface area contributed by atoms with Gasteiger partial charge < -0.3 is 9.64 Å². The molecule has 0 aliphatic carbocycles. The third-order valence-corrected chi connectivity index (χ3v) is 5.21. The number of carbonyl (C=O) groups excluding carboxylic acids is 1. The smallest absolute Gasteiger partial charge is 0.411 e. The third kappa shape index (κ3) is 4.44. The second-order valence-electron chi connectivity index (χ2n) is 6.88. The van der Waals surface area contributed by atoms with Crippen molar-refractivity contribution in [3.05, 3.63) is 54.1 Å². The molecule has 26 heavy (non-hydrogen) atoms. The van der Waals surface area contributed by atoms with Crippen molar-refractivity contribution >= 4 is 11.8 Å². The van der Waals surface area contributed by atoms with Crippen LogP contribution in [0.5, 0.6) is 0 Å². The average molecular weight is 352 g/mol. The second-order valence-corrected chi connectivity index (χ2v) is 6.88. The molecule has 1 amide bonds. The number of anilines is 1. The van der Waals surface area contributed by atoms with Crippen LogP contribution < -0.4 is 5.32 Å². The lowest BCUT2D eigenvalue weighted by atomic mass is 9.97. The Balaban J connectivity index is 1.64. The van der Waals surface area contributed by atoms with Crippen LogP contribution in [-0.2, 0) is 11.2 Å². The summed E-state index contributed by atoms with van der Waals surface area (Å²) in [5.41, 5.74) is 4.23. The number of hydrogen-bond donors (Lipinski definition) is 1. The molecule has 138 valence electrons. The van der Waals surface area contributed by atoms with E-state index in [1.807, 2.05) is 36.4 Å². The van der Waals surface area contributed by atoms with Crippen LogP contribution in [0, 0.1) is 0 Å². The van der Waals surface area contributed by atoms with Crippen molar-refractivity contribution in [2.24, 2.45) is 0 Å². The van der Waals surface area contributed by atoms with Crippen molar-refractivity contribution in [1.82, 2.24) is 4.90 Å². The first-order chi connectivity index (χ1) is 12.7. The second kappa shape index (κ2) is 8.86. The van der Waals surface area contributed by atoms with Crippen molar-refractivity contribution < 1.29 is 9.53 Å². The fourth-order valence-electron chi connectivity index (χ4n) is 3.70. The van der Waals surface area contributed by atoms with E-state index in [0.717, 1.165) is 36.2 Å². The predicted octanol–water partition coefficient (Wildman–Crippen LogP) is 4.95. The van der Waals surface area contributed by atoms with Gasteiger partial charge >= 0.3 is 6.09 Å². The molecule has 1 aliphatic rings. The van der Waals surface area contributed by atoms with E-state index in [1.165, 1.54) is 18.4 Å². The van der Waals surface area contributed by atoms with E-state index in [2.05, 4.69) is 36.3 Å². The highest BCUT2D eigenvalue weighted by molar-refractivity contribution is 5.92. The predicted molar refractivity (Wildman–Crippen MR) is 106 cm³/mol. The monoisotopic (exact) mass is 352 g/mol. The van der Waals surface area contributed by atoms with Gasteiger partial charge in [-0.2, -0.15) is 0 Å². The van der Waals surface area contributed by atoms with Crippen molar-refractivity contribution in [3.63, 3.8) is 0 Å². The van der Waals surface area contributed by atoms with E-state index in [-0.39, 0.29) is 6.09 Å². The maximum absolute atomic E-state index is 12.3. The summed E-state index contributed by atoms with van der Waals surface area (Å²) in [5, 5.41) is 2.92. The number of rotatable bonds is 6. The topological polar surface area (TPSA) is 41.6 Å². The van der Waals surface area contributed by atoms with Crippen LogP contribution in [0.1, 0.15) is 31.7 Å². The fraction of sp³-hybridized carbons (Fsp3) is 0.409. The van der Waals surface area contributed by atoms with E-state index in [1.54, 1.807) is 0 Å². The van der Waals surface area contributed by atoms with Gasteiger partial charge in [-0.05, 0) is 56.5 Å². The molecule has 2 aromatic carbocycles. The number of likely N-dealkylation sites (tertiary alicyclic amines) is 1. The summed E-state index contributed by atoms with van der Waals surface area (Å²) in [4.78, 5) is 14.6. The number of nitrogens with one attached hydrogen (secondary N) is 1. The van der Waals surface area contributed by atoms with Gasteiger partial charge in [0.15, 0.2) is 0 Å². The highest BCUT2D eigenvalue weighted by Crippen LogP contribution is 2.31. The van der Waals surface area contributed by atoms with Crippen LogP contribution in [0.15, 0.2) is 48.5 Å². The van der Waals surface area contributed by atoms with Crippen LogP contribution in [0.3, 0.4) is 0 Å². The maximum atomic E-state index is 12.3. The van der Waals surface area contributed by atoms with Crippen LogP contribution in [0.4, 0.5) is 10.5 Å². The summed E-state index contributed by atoms with van der Waals surface area (Å²) in [7, 11) is 2.14. The number of benzene rings is 2. The molecule has 2 aromatic rings. The Morgan fingerprint density at radius 3 is 2.62 bits per heavy atom. The molecule has 1 unspecified atom stereocenters. The highest BCUT2D eigenvalue weighted by Gasteiger charge is 2.21. The van der Waals surface area contributed by atoms with Crippen LogP contribution in [0.2, 0.25) is 0 Å². The molecule has 1 saturated heterocycles. The SMILES string of the molecule is CCc1ccccc1-c1ccccc1NC(=O)OCCC1CCCN1C. The third-order valence-electron chi connectivity index (χ3n) is 5.21. The van der Waals surface area contributed by atoms with E-state index in [4.69, 9.17) is 4.74 Å². The highest BCUT2D eigenvalue weighted by atomic mass is 16.5. The van der Waals surface area contributed by atoms with Gasteiger partial charge in [0.25, 0.3) is 0 Å². The van der Waals surface area contributed by atoms with Crippen LogP contribution in [-0.4, -0.2) is 37.2 Å². The first kappa shape index (κ1) is 18.5. The molecule has 0 saturated carbocycles. The number of para-hydroxylation sites is 1. The molecule has 0 spiro atoms. The zero-order valence-corrected chi connectivity index (χ0v) is 15.7. The molecular weight excluding hydrogens is 324 g/mol. The summed E-state index contributed by atoms with van der Waals surface area (Å²) in [6.07, 6.45) is 3.89. The number of nitrogens with zero attached hydrogens (tertiary/aromatic N) is 1. The number of carbonyl (C=O) groups is 1. The molecule has 0 radical (unpaired) electrons.